The molecule has 1 fully saturated rings. The lowest BCUT2D eigenvalue weighted by atomic mass is 10.0. The molecular weight excluding hydrogens is 552 g/mol. The fraction of sp³-hybridized carbons (Fsp3) is 0.536. The Morgan fingerprint density at radius 1 is 1.15 bits per heavy atom. The molecule has 2 amide bonds. The Balaban J connectivity index is 1.53. The van der Waals surface area contributed by atoms with Crippen LogP contribution in [0.3, 0.4) is 0 Å². The average molecular weight is 591 g/mol. The van der Waals surface area contributed by atoms with Crippen molar-refractivity contribution in [1.82, 2.24) is 14.1 Å². The average Bonchev–Trinajstić information content (AvgIpc) is 3.29. The molecule has 1 N–H and O–H groups in total. The first-order chi connectivity index (χ1) is 18.9. The van der Waals surface area contributed by atoms with Gasteiger partial charge >= 0.3 is 5.97 Å². The Kier molecular flexibility index (Phi) is 9.33. The second-order valence-electron chi connectivity index (χ2n) is 10.7. The predicted octanol–water partition coefficient (Wildman–Crippen LogP) is 3.43. The summed E-state index contributed by atoms with van der Waals surface area (Å²) in [7, 11) is -0.461. The monoisotopic (exact) mass is 590 g/mol. The zero-order valence-corrected chi connectivity index (χ0v) is 25.4. The number of sulfonamides is 1. The number of rotatable bonds is 8. The van der Waals surface area contributed by atoms with E-state index in [4.69, 9.17) is 4.74 Å². The third-order valence-corrected chi connectivity index (χ3v) is 10.4. The Hall–Kier alpha value is -2.80. The minimum Gasteiger partial charge on any atom is -0.466 e. The van der Waals surface area contributed by atoms with Crippen LogP contribution in [0.1, 0.15) is 64.8 Å². The highest BCUT2D eigenvalue weighted by atomic mass is 32.2. The number of fused-ring (bicyclic) bond motifs is 1. The number of piperidine rings is 1. The predicted molar refractivity (Wildman–Crippen MR) is 154 cm³/mol. The summed E-state index contributed by atoms with van der Waals surface area (Å²) in [5.74, 6) is -1.45. The minimum absolute atomic E-state index is 0.0531. The maximum Gasteiger partial charge on any atom is 0.310 e. The van der Waals surface area contributed by atoms with Crippen molar-refractivity contribution in [2.24, 2.45) is 5.92 Å². The van der Waals surface area contributed by atoms with E-state index in [1.165, 1.54) is 44.8 Å². The molecule has 1 unspecified atom stereocenters. The lowest BCUT2D eigenvalue weighted by molar-refractivity contribution is -0.149. The lowest BCUT2D eigenvalue weighted by Crippen LogP contribution is -2.42. The molecule has 0 spiro atoms. The van der Waals surface area contributed by atoms with Gasteiger partial charge in [0.1, 0.15) is 5.00 Å². The van der Waals surface area contributed by atoms with Crippen LogP contribution < -0.4 is 5.32 Å². The third-order valence-electron chi connectivity index (χ3n) is 7.42. The van der Waals surface area contributed by atoms with Gasteiger partial charge in [-0.05, 0) is 69.9 Å². The van der Waals surface area contributed by atoms with Gasteiger partial charge in [-0.15, -0.1) is 11.3 Å². The highest BCUT2D eigenvalue weighted by Crippen LogP contribution is 2.38. The molecule has 2 aromatic rings. The maximum atomic E-state index is 13.3. The summed E-state index contributed by atoms with van der Waals surface area (Å²) in [6.07, 6.45) is 1.88. The van der Waals surface area contributed by atoms with E-state index in [2.05, 4.69) is 24.1 Å². The smallest absolute Gasteiger partial charge is 0.310 e. The van der Waals surface area contributed by atoms with Crippen molar-refractivity contribution in [2.75, 3.05) is 45.7 Å². The number of thiophene rings is 1. The van der Waals surface area contributed by atoms with Gasteiger partial charge in [0, 0.05) is 56.8 Å². The summed E-state index contributed by atoms with van der Waals surface area (Å²) in [6, 6.07) is 6.12. The number of hydrogen-bond acceptors (Lipinski definition) is 8. The normalized spacial score (nSPS) is 18.3. The van der Waals surface area contributed by atoms with E-state index in [1.807, 2.05) is 0 Å². The van der Waals surface area contributed by atoms with Crippen LogP contribution in [-0.2, 0) is 32.5 Å². The molecule has 10 nitrogen and oxygen atoms in total. The first-order valence-electron chi connectivity index (χ1n) is 13.6. The zero-order valence-electron chi connectivity index (χ0n) is 23.7. The van der Waals surface area contributed by atoms with Gasteiger partial charge < -0.3 is 15.0 Å². The van der Waals surface area contributed by atoms with Crippen molar-refractivity contribution in [2.45, 2.75) is 57.5 Å². The van der Waals surface area contributed by atoms with E-state index in [9.17, 15) is 22.8 Å². The highest BCUT2D eigenvalue weighted by Gasteiger charge is 2.34. The molecule has 0 aliphatic carbocycles. The number of amides is 2. The van der Waals surface area contributed by atoms with Gasteiger partial charge in [0.15, 0.2) is 0 Å². The van der Waals surface area contributed by atoms with Gasteiger partial charge in [0.2, 0.25) is 10.0 Å². The van der Waals surface area contributed by atoms with Gasteiger partial charge in [-0.25, -0.2) is 8.42 Å². The Morgan fingerprint density at radius 3 is 2.48 bits per heavy atom. The van der Waals surface area contributed by atoms with Gasteiger partial charge in [0.05, 0.1) is 23.0 Å². The minimum atomic E-state index is -3.85. The number of carbonyl (C=O) groups excluding carboxylic acids is 3. The molecule has 0 radical (unpaired) electrons. The number of hydrogen-bond donors (Lipinski definition) is 1. The molecule has 0 bridgehead atoms. The van der Waals surface area contributed by atoms with E-state index in [-0.39, 0.29) is 35.5 Å². The SMILES string of the molecule is CCOC(=O)C1CCCN(S(=O)(=O)c2ccc(C(=O)Nc3sc4c(c3C(=O)N(C)C)CCN(C(C)C)C4)cc2)C1. The van der Waals surface area contributed by atoms with Gasteiger partial charge in [-0.1, -0.05) is 0 Å². The number of carbonyl (C=O) groups is 3. The van der Waals surface area contributed by atoms with E-state index in [0.29, 0.717) is 36.0 Å². The topological polar surface area (TPSA) is 116 Å². The Labute approximate surface area is 240 Å². The van der Waals surface area contributed by atoms with E-state index in [1.54, 1.807) is 21.0 Å². The number of anilines is 1. The quantitative estimate of drug-likeness (QED) is 0.469. The van der Waals surface area contributed by atoms with Crippen LogP contribution in [-0.4, -0.2) is 86.7 Å². The molecule has 3 heterocycles. The molecule has 40 heavy (non-hydrogen) atoms. The van der Waals surface area contributed by atoms with Crippen molar-refractivity contribution >= 4 is 44.1 Å². The molecule has 1 aromatic heterocycles. The molecule has 1 aromatic carbocycles. The molecule has 218 valence electrons. The molecule has 0 saturated carbocycles. The van der Waals surface area contributed by atoms with Gasteiger partial charge in [-0.3, -0.25) is 19.3 Å². The summed E-state index contributed by atoms with van der Waals surface area (Å²) < 4.78 is 33.0. The van der Waals surface area contributed by atoms with Crippen LogP contribution in [0.25, 0.3) is 0 Å². The zero-order chi connectivity index (χ0) is 29.2. The second kappa shape index (κ2) is 12.4. The maximum absolute atomic E-state index is 13.3. The molecule has 4 rings (SSSR count). The summed E-state index contributed by atoms with van der Waals surface area (Å²) in [5, 5.41) is 3.43. The van der Waals surface area contributed by atoms with Crippen LogP contribution in [0.2, 0.25) is 0 Å². The van der Waals surface area contributed by atoms with Crippen LogP contribution in [0, 0.1) is 5.92 Å². The molecular formula is C28H38N4O6S2. The molecule has 12 heteroatoms. The largest absolute Gasteiger partial charge is 0.466 e. The second-order valence-corrected chi connectivity index (χ2v) is 13.7. The van der Waals surface area contributed by atoms with Gasteiger partial charge in [0.25, 0.3) is 11.8 Å². The highest BCUT2D eigenvalue weighted by molar-refractivity contribution is 7.89. The fourth-order valence-corrected chi connectivity index (χ4v) is 7.90. The molecule has 2 aliphatic heterocycles. The Bertz CT molecular complexity index is 1370. The summed E-state index contributed by atoms with van der Waals surface area (Å²) in [4.78, 5) is 43.5. The van der Waals surface area contributed by atoms with Crippen molar-refractivity contribution < 1.29 is 27.5 Å². The lowest BCUT2D eigenvalue weighted by Gasteiger charge is -2.30. The number of ether oxygens (including phenoxy) is 1. The molecule has 1 atom stereocenters. The van der Waals surface area contributed by atoms with Crippen molar-refractivity contribution in [3.63, 3.8) is 0 Å². The van der Waals surface area contributed by atoms with E-state index in [0.717, 1.165) is 30.0 Å². The van der Waals surface area contributed by atoms with E-state index < -0.39 is 21.8 Å². The van der Waals surface area contributed by atoms with Crippen molar-refractivity contribution in [3.05, 3.63) is 45.8 Å². The van der Waals surface area contributed by atoms with E-state index >= 15 is 0 Å². The standard InChI is InChI=1S/C28H38N4O6S2/c1-6-38-28(35)20-8-7-14-32(16-20)40(36,37)21-11-9-19(10-12-21)25(33)29-26-24(27(34)30(4)5)22-13-15-31(18(2)3)17-23(22)39-26/h9-12,18,20H,6-8,13-17H2,1-5H3,(H,29,33). The summed E-state index contributed by atoms with van der Waals surface area (Å²) in [6.45, 7) is 8.21. The summed E-state index contributed by atoms with van der Waals surface area (Å²) in [5.41, 5.74) is 1.79. The van der Waals surface area contributed by atoms with Crippen LogP contribution in [0.4, 0.5) is 5.00 Å². The number of esters is 1. The number of nitrogens with zero attached hydrogens (tertiary/aromatic N) is 3. The first-order valence-corrected chi connectivity index (χ1v) is 15.9. The Morgan fingerprint density at radius 2 is 1.85 bits per heavy atom. The van der Waals surface area contributed by atoms with Crippen molar-refractivity contribution in [1.29, 1.82) is 0 Å². The van der Waals surface area contributed by atoms with Crippen LogP contribution >= 0.6 is 11.3 Å². The number of benzene rings is 1. The third kappa shape index (κ3) is 6.24. The number of nitrogens with one attached hydrogen (secondary N) is 1. The van der Waals surface area contributed by atoms with Crippen LogP contribution in [0.15, 0.2) is 29.2 Å². The molecule has 2 aliphatic rings. The van der Waals surface area contributed by atoms with Gasteiger partial charge in [-0.2, -0.15) is 4.31 Å². The van der Waals surface area contributed by atoms with Crippen molar-refractivity contribution in [3.8, 4) is 0 Å². The fourth-order valence-electron chi connectivity index (χ4n) is 5.12. The first kappa shape index (κ1) is 30.2. The molecule has 1 saturated heterocycles. The summed E-state index contributed by atoms with van der Waals surface area (Å²) >= 11 is 1.42. The van der Waals surface area contributed by atoms with Crippen LogP contribution in [0.5, 0.6) is 0 Å².